The van der Waals surface area contributed by atoms with Crippen LogP contribution in [0, 0.1) is 5.92 Å². The molecule has 3 rings (SSSR count). The van der Waals surface area contributed by atoms with Crippen LogP contribution >= 0.6 is 0 Å². The highest BCUT2D eigenvalue weighted by Crippen LogP contribution is 2.38. The molecule has 2 aliphatic heterocycles. The van der Waals surface area contributed by atoms with Gasteiger partial charge in [-0.1, -0.05) is 0 Å². The number of hydrogen-bond donors (Lipinski definition) is 0. The van der Waals surface area contributed by atoms with Crippen molar-refractivity contribution >= 4 is 0 Å². The fraction of sp³-hybridized carbons (Fsp3) is 0.692. The summed E-state index contributed by atoms with van der Waals surface area (Å²) >= 11 is 0. The van der Waals surface area contributed by atoms with Gasteiger partial charge in [0, 0.05) is 25.2 Å². The molecule has 3 unspecified atom stereocenters. The molecule has 4 heteroatoms. The monoisotopic (exact) mass is 233 g/mol. The Balaban J connectivity index is 1.79. The van der Waals surface area contributed by atoms with E-state index in [9.17, 15) is 0 Å². The van der Waals surface area contributed by atoms with E-state index >= 15 is 0 Å². The highest BCUT2D eigenvalue weighted by molar-refractivity contribution is 5.17. The second-order valence-electron chi connectivity index (χ2n) is 5.36. The summed E-state index contributed by atoms with van der Waals surface area (Å²) in [6.45, 7) is 7.66. The largest absolute Gasteiger partial charge is 0.474 e. The topological polar surface area (TPSA) is 38.2 Å². The van der Waals surface area contributed by atoms with Crippen LogP contribution in [0.2, 0.25) is 0 Å². The van der Waals surface area contributed by atoms with Crippen molar-refractivity contribution in [2.24, 2.45) is 5.92 Å². The minimum Gasteiger partial charge on any atom is -0.474 e. The summed E-state index contributed by atoms with van der Waals surface area (Å²) in [6.07, 6.45) is 5.07. The summed E-state index contributed by atoms with van der Waals surface area (Å²) in [4.78, 5) is 11.4. The van der Waals surface area contributed by atoms with Gasteiger partial charge in [0.15, 0.2) is 0 Å². The Labute approximate surface area is 102 Å². The lowest BCUT2D eigenvalue weighted by Gasteiger charge is -2.21. The van der Waals surface area contributed by atoms with Crippen LogP contribution in [0.25, 0.3) is 0 Å². The molecule has 2 aliphatic rings. The van der Waals surface area contributed by atoms with Gasteiger partial charge in [0.1, 0.15) is 0 Å². The number of nitrogens with zero attached hydrogens (tertiary/aromatic N) is 3. The summed E-state index contributed by atoms with van der Waals surface area (Å²) in [5.41, 5.74) is 1.11. The average Bonchev–Trinajstić information content (AvgIpc) is 2.90. The number of ether oxygens (including phenoxy) is 1. The first-order chi connectivity index (χ1) is 8.22. The van der Waals surface area contributed by atoms with E-state index in [2.05, 4.69) is 14.9 Å². The lowest BCUT2D eigenvalue weighted by Crippen LogP contribution is -2.23. The Bertz CT molecular complexity index is 407. The van der Waals surface area contributed by atoms with E-state index in [0.29, 0.717) is 11.8 Å². The van der Waals surface area contributed by atoms with E-state index in [4.69, 9.17) is 4.74 Å². The quantitative estimate of drug-likeness (QED) is 0.796. The van der Waals surface area contributed by atoms with Crippen molar-refractivity contribution in [3.8, 4) is 5.88 Å². The van der Waals surface area contributed by atoms with E-state index in [1.165, 1.54) is 19.5 Å². The highest BCUT2D eigenvalue weighted by Gasteiger charge is 2.39. The molecule has 1 aromatic rings. The molecule has 2 fully saturated rings. The molecular formula is C13H19N3O. The minimum absolute atomic E-state index is 0.156. The summed E-state index contributed by atoms with van der Waals surface area (Å²) in [6, 6.07) is 0. The number of rotatable bonds is 3. The molecule has 3 atom stereocenters. The maximum atomic E-state index is 5.61. The normalized spacial score (nSPS) is 31.1. The maximum Gasteiger partial charge on any atom is 0.232 e. The van der Waals surface area contributed by atoms with Gasteiger partial charge in [-0.2, -0.15) is 0 Å². The molecule has 0 radical (unpaired) electrons. The van der Waals surface area contributed by atoms with Crippen molar-refractivity contribution in [2.75, 3.05) is 19.6 Å². The molecule has 0 aliphatic carbocycles. The first-order valence-corrected chi connectivity index (χ1v) is 6.43. The lowest BCUT2D eigenvalue weighted by molar-refractivity contribution is 0.229. The third-order valence-electron chi connectivity index (χ3n) is 3.70. The van der Waals surface area contributed by atoms with E-state index < -0.39 is 0 Å². The van der Waals surface area contributed by atoms with Crippen molar-refractivity contribution in [1.29, 1.82) is 0 Å². The molecule has 3 heterocycles. The first kappa shape index (κ1) is 11.0. The van der Waals surface area contributed by atoms with Crippen molar-refractivity contribution in [3.05, 3.63) is 18.1 Å². The molecule has 1 aromatic heterocycles. The van der Waals surface area contributed by atoms with Gasteiger partial charge in [-0.05, 0) is 32.7 Å². The molecule has 92 valence electrons. The predicted octanol–water partition coefficient (Wildman–Crippen LogP) is 1.68. The van der Waals surface area contributed by atoms with Gasteiger partial charge in [0.05, 0.1) is 18.0 Å². The van der Waals surface area contributed by atoms with Crippen LogP contribution in [-0.2, 0) is 0 Å². The minimum atomic E-state index is 0.156. The van der Waals surface area contributed by atoms with Crippen LogP contribution in [0.4, 0.5) is 0 Å². The van der Waals surface area contributed by atoms with Crippen LogP contribution in [-0.4, -0.2) is 40.6 Å². The van der Waals surface area contributed by atoms with E-state index in [-0.39, 0.29) is 6.10 Å². The second-order valence-corrected chi connectivity index (χ2v) is 5.36. The fourth-order valence-electron chi connectivity index (χ4n) is 2.96. The predicted molar refractivity (Wildman–Crippen MR) is 65.1 cm³/mol. The standard InChI is InChI=1S/C13H19N3O/c1-9(2)17-13-6-14-5-12(15-13)11-8-16-4-3-10(11)7-16/h5-6,9-11H,3-4,7-8H2,1-2H3. The zero-order valence-corrected chi connectivity index (χ0v) is 10.5. The molecule has 4 nitrogen and oxygen atoms in total. The van der Waals surface area contributed by atoms with Gasteiger partial charge in [0.25, 0.3) is 0 Å². The SMILES string of the molecule is CC(C)Oc1cncc(C2CN3CCC2C3)n1. The maximum absolute atomic E-state index is 5.61. The van der Waals surface area contributed by atoms with Gasteiger partial charge < -0.3 is 9.64 Å². The van der Waals surface area contributed by atoms with Gasteiger partial charge in [-0.3, -0.25) is 4.98 Å². The molecule has 2 saturated heterocycles. The number of hydrogen-bond acceptors (Lipinski definition) is 4. The number of aromatic nitrogens is 2. The highest BCUT2D eigenvalue weighted by atomic mass is 16.5. The van der Waals surface area contributed by atoms with Crippen LogP contribution in [0.3, 0.4) is 0 Å². The summed E-state index contributed by atoms with van der Waals surface area (Å²) in [5.74, 6) is 2.00. The van der Waals surface area contributed by atoms with Crippen LogP contribution in [0.1, 0.15) is 31.9 Å². The third kappa shape index (κ3) is 2.14. The second kappa shape index (κ2) is 4.26. The van der Waals surface area contributed by atoms with Gasteiger partial charge in [0.2, 0.25) is 5.88 Å². The van der Waals surface area contributed by atoms with E-state index in [0.717, 1.165) is 18.2 Å². The molecule has 0 N–H and O–H groups in total. The van der Waals surface area contributed by atoms with Crippen molar-refractivity contribution in [2.45, 2.75) is 32.3 Å². The molecular weight excluding hydrogens is 214 g/mol. The Hall–Kier alpha value is -1.16. The fourth-order valence-corrected chi connectivity index (χ4v) is 2.96. The Morgan fingerprint density at radius 2 is 2.24 bits per heavy atom. The van der Waals surface area contributed by atoms with Gasteiger partial charge in [-0.25, -0.2) is 4.98 Å². The Morgan fingerprint density at radius 1 is 1.35 bits per heavy atom. The zero-order chi connectivity index (χ0) is 11.8. The van der Waals surface area contributed by atoms with E-state index in [1.54, 1.807) is 6.20 Å². The molecule has 0 amide bonds. The Kier molecular flexibility index (Phi) is 2.74. The first-order valence-electron chi connectivity index (χ1n) is 6.43. The van der Waals surface area contributed by atoms with Crippen molar-refractivity contribution in [3.63, 3.8) is 0 Å². The van der Waals surface area contributed by atoms with Crippen molar-refractivity contribution in [1.82, 2.24) is 14.9 Å². The van der Waals surface area contributed by atoms with Gasteiger partial charge >= 0.3 is 0 Å². The summed E-state index contributed by atoms with van der Waals surface area (Å²) in [5, 5.41) is 0. The van der Waals surface area contributed by atoms with Crippen LogP contribution < -0.4 is 4.74 Å². The number of piperidine rings is 1. The van der Waals surface area contributed by atoms with Crippen LogP contribution in [0.5, 0.6) is 5.88 Å². The third-order valence-corrected chi connectivity index (χ3v) is 3.70. The van der Waals surface area contributed by atoms with E-state index in [1.807, 2.05) is 20.0 Å². The molecule has 2 bridgehead atoms. The lowest BCUT2D eigenvalue weighted by atomic mass is 9.90. The summed E-state index contributed by atoms with van der Waals surface area (Å²) in [7, 11) is 0. The van der Waals surface area contributed by atoms with Crippen molar-refractivity contribution < 1.29 is 4.74 Å². The smallest absolute Gasteiger partial charge is 0.232 e. The molecule has 0 spiro atoms. The zero-order valence-electron chi connectivity index (χ0n) is 10.5. The Morgan fingerprint density at radius 3 is 2.88 bits per heavy atom. The van der Waals surface area contributed by atoms with Gasteiger partial charge in [-0.15, -0.1) is 0 Å². The molecule has 17 heavy (non-hydrogen) atoms. The summed E-state index contributed by atoms with van der Waals surface area (Å²) < 4.78 is 5.61. The van der Waals surface area contributed by atoms with Crippen LogP contribution in [0.15, 0.2) is 12.4 Å². The molecule has 0 saturated carbocycles. The average molecular weight is 233 g/mol. The molecule has 0 aromatic carbocycles. The number of fused-ring (bicyclic) bond motifs is 2.